The molecule has 8 rings (SSSR count). The molecule has 0 aromatic heterocycles. The van der Waals surface area contributed by atoms with Crippen LogP contribution in [-0.2, 0) is 22.6 Å². The van der Waals surface area contributed by atoms with Gasteiger partial charge in [0.1, 0.15) is 0 Å². The molecule has 0 saturated heterocycles. The van der Waals surface area contributed by atoms with Gasteiger partial charge >= 0.3 is 14.0 Å². The maximum Gasteiger partial charge on any atom is 0.475 e. The molecule has 0 saturated carbocycles. The molecule has 6 aromatic carbocycles. The second kappa shape index (κ2) is 17.2. The van der Waals surface area contributed by atoms with Crippen LogP contribution in [-0.4, -0.2) is 40.9 Å². The van der Waals surface area contributed by atoms with E-state index in [9.17, 15) is 17.7 Å². The van der Waals surface area contributed by atoms with E-state index in [-0.39, 0.29) is 37.2 Å². The van der Waals surface area contributed by atoms with Crippen LogP contribution in [0.15, 0.2) is 169 Å². The summed E-state index contributed by atoms with van der Waals surface area (Å²) in [6.07, 6.45) is -4.44. The van der Waals surface area contributed by atoms with Gasteiger partial charge in [-0.15, -0.1) is 0 Å². The second-order valence-electron chi connectivity index (χ2n) is 16.4. The van der Waals surface area contributed by atoms with Gasteiger partial charge in [0.2, 0.25) is 0 Å². The van der Waals surface area contributed by atoms with Crippen molar-refractivity contribution < 1.29 is 35.7 Å². The lowest BCUT2D eigenvalue weighted by Gasteiger charge is -2.43. The molecule has 0 amide bonds. The van der Waals surface area contributed by atoms with Gasteiger partial charge in [0.25, 0.3) is 8.32 Å². The van der Waals surface area contributed by atoms with E-state index >= 15 is 0 Å². The first-order valence-corrected chi connectivity index (χ1v) is 23.6. The van der Waals surface area contributed by atoms with Crippen LogP contribution in [0.4, 0.5) is 13.2 Å². The van der Waals surface area contributed by atoms with Gasteiger partial charge in [-0.25, -0.2) is 4.57 Å². The topological polar surface area (TPSA) is 54.0 Å². The lowest BCUT2D eigenvalue weighted by Crippen LogP contribution is -2.66. The highest BCUT2D eigenvalue weighted by molar-refractivity contribution is 7.48. The molecule has 60 heavy (non-hydrogen) atoms. The van der Waals surface area contributed by atoms with E-state index < -0.39 is 40.4 Å². The molecule has 0 atom stereocenters. The molecule has 308 valence electrons. The molecule has 0 radical (unpaired) electrons. The quantitative estimate of drug-likeness (QED) is 0.0585. The predicted octanol–water partition coefficient (Wildman–Crippen LogP) is 12.2. The number of hydrogen-bond donors (Lipinski definition) is 0. The number of hydrogen-bond acceptors (Lipinski definition) is 5. The van der Waals surface area contributed by atoms with Crippen LogP contribution in [0.1, 0.15) is 61.3 Å². The average Bonchev–Trinajstić information content (AvgIpc) is 3.74. The Bertz CT molecular complexity index is 2280. The zero-order valence-corrected chi connectivity index (χ0v) is 35.8. The van der Waals surface area contributed by atoms with Crippen LogP contribution in [0, 0.1) is 0 Å². The Labute approximate surface area is 351 Å². The fourth-order valence-corrected chi connectivity index (χ4v) is 14.7. The molecular formula is C50H48F3O5PSi. The van der Waals surface area contributed by atoms with Crippen LogP contribution >= 0.6 is 7.82 Å². The minimum Gasteiger partial charge on any atom is -0.403 e. The zero-order chi connectivity index (χ0) is 42.0. The van der Waals surface area contributed by atoms with Crippen LogP contribution in [0.25, 0.3) is 22.3 Å². The third-order valence-electron chi connectivity index (χ3n) is 11.6. The fraction of sp³-hybridized carbons (Fsp3) is 0.240. The van der Waals surface area contributed by atoms with E-state index in [2.05, 4.69) is 45.0 Å². The Balaban J connectivity index is 1.09. The zero-order valence-electron chi connectivity index (χ0n) is 33.9. The Morgan fingerprint density at radius 3 is 1.30 bits per heavy atom. The first-order chi connectivity index (χ1) is 28.9. The third kappa shape index (κ3) is 8.53. The lowest BCUT2D eigenvalue weighted by atomic mass is 9.98. The maximum absolute atomic E-state index is 14.9. The molecule has 0 spiro atoms. The predicted molar refractivity (Wildman–Crippen MR) is 235 cm³/mol. The number of phosphoric acid groups is 1. The summed E-state index contributed by atoms with van der Waals surface area (Å²) in [4.78, 5) is 0. The highest BCUT2D eigenvalue weighted by atomic mass is 31.2. The van der Waals surface area contributed by atoms with Crippen LogP contribution in [0.2, 0.25) is 5.04 Å². The SMILES string of the molecule is CC(C)(C)[Si](OCC(=CCOP(=O)(OCC1c2ccccc2-c2ccccc21)OCC1c2ccccc2-c2ccccc21)CC(F)(F)F)(c1ccccc1)c1ccccc1. The summed E-state index contributed by atoms with van der Waals surface area (Å²) >= 11 is 0. The summed E-state index contributed by atoms with van der Waals surface area (Å²) in [7, 11) is -7.60. The number of rotatable bonds is 15. The van der Waals surface area contributed by atoms with Crippen molar-refractivity contribution in [2.24, 2.45) is 0 Å². The number of alkyl halides is 3. The first kappa shape index (κ1) is 41.9. The highest BCUT2D eigenvalue weighted by Gasteiger charge is 2.50. The van der Waals surface area contributed by atoms with E-state index in [0.717, 1.165) is 54.9 Å². The molecule has 0 N–H and O–H groups in total. The maximum atomic E-state index is 14.9. The minimum atomic E-state index is -4.54. The van der Waals surface area contributed by atoms with E-state index in [0.29, 0.717) is 0 Å². The van der Waals surface area contributed by atoms with E-state index in [1.54, 1.807) is 0 Å². The van der Waals surface area contributed by atoms with Crippen molar-refractivity contribution in [3.05, 3.63) is 192 Å². The normalized spacial score (nSPS) is 14.5. The van der Waals surface area contributed by atoms with Gasteiger partial charge in [0.15, 0.2) is 0 Å². The smallest absolute Gasteiger partial charge is 0.403 e. The Kier molecular flexibility index (Phi) is 12.0. The molecule has 6 aromatic rings. The largest absolute Gasteiger partial charge is 0.475 e. The third-order valence-corrected chi connectivity index (χ3v) is 18.0. The number of halogens is 3. The van der Waals surface area contributed by atoms with Gasteiger partial charge in [-0.3, -0.25) is 13.6 Å². The van der Waals surface area contributed by atoms with Gasteiger partial charge in [-0.1, -0.05) is 185 Å². The molecular weight excluding hydrogens is 797 g/mol. The lowest BCUT2D eigenvalue weighted by molar-refractivity contribution is -0.128. The molecule has 0 fully saturated rings. The standard InChI is InChI=1S/C50H48F3O5PSi/c1-49(2,3)60(37-18-6-4-7-19-37,38-20-8-5-9-21-38)58-33-36(32-50(51,52)53)30-31-55-59(54,56-34-47-43-26-14-10-22-39(43)40-23-11-15-27-44(40)47)57-35-48-45-28-16-12-24-41(45)42-25-13-17-29-46(42)48/h4-30,47-48H,31-35H2,1-3H3. The molecule has 0 aliphatic heterocycles. The van der Waals surface area contributed by atoms with Gasteiger partial charge in [0, 0.05) is 11.8 Å². The summed E-state index contributed by atoms with van der Waals surface area (Å²) in [5.41, 5.74) is 8.33. The van der Waals surface area contributed by atoms with Crippen LogP contribution < -0.4 is 10.4 Å². The van der Waals surface area contributed by atoms with Crippen LogP contribution in [0.5, 0.6) is 0 Å². The fourth-order valence-electron chi connectivity index (χ4n) is 8.97. The molecule has 0 bridgehead atoms. The number of fused-ring (bicyclic) bond motifs is 6. The second-order valence-corrected chi connectivity index (χ2v) is 22.4. The molecule has 0 unspecified atom stereocenters. The molecule has 5 nitrogen and oxygen atoms in total. The van der Waals surface area contributed by atoms with Crippen molar-refractivity contribution in [3.63, 3.8) is 0 Å². The van der Waals surface area contributed by atoms with Crippen molar-refractivity contribution in [1.82, 2.24) is 0 Å². The van der Waals surface area contributed by atoms with Gasteiger partial charge in [0.05, 0.1) is 32.8 Å². The van der Waals surface area contributed by atoms with E-state index in [1.807, 2.05) is 133 Å². The Morgan fingerprint density at radius 1 is 0.567 bits per heavy atom. The Hall–Kier alpha value is -4.86. The summed E-state index contributed by atoms with van der Waals surface area (Å²) < 4.78 is 83.3. The van der Waals surface area contributed by atoms with E-state index in [1.165, 1.54) is 6.08 Å². The van der Waals surface area contributed by atoms with Crippen molar-refractivity contribution in [2.75, 3.05) is 26.4 Å². The molecule has 2 aliphatic carbocycles. The first-order valence-electron chi connectivity index (χ1n) is 20.3. The monoisotopic (exact) mass is 844 g/mol. The number of benzene rings is 6. The van der Waals surface area contributed by atoms with Crippen molar-refractivity contribution in [1.29, 1.82) is 0 Å². The summed E-state index contributed by atoms with van der Waals surface area (Å²) in [5.74, 6) is -0.524. The minimum absolute atomic E-state index is 0.0285. The Morgan fingerprint density at radius 2 is 0.933 bits per heavy atom. The van der Waals surface area contributed by atoms with E-state index in [4.69, 9.17) is 18.0 Å². The number of phosphoric ester groups is 1. The van der Waals surface area contributed by atoms with Gasteiger partial charge in [-0.2, -0.15) is 13.2 Å². The molecule has 2 aliphatic rings. The van der Waals surface area contributed by atoms with Crippen molar-refractivity contribution >= 4 is 26.5 Å². The average molecular weight is 845 g/mol. The molecule has 10 heteroatoms. The molecule has 0 heterocycles. The summed E-state index contributed by atoms with van der Waals surface area (Å²) in [5, 5.41) is 1.44. The highest BCUT2D eigenvalue weighted by Crippen LogP contribution is 2.55. The van der Waals surface area contributed by atoms with Crippen LogP contribution in [0.3, 0.4) is 0 Å². The van der Waals surface area contributed by atoms with Crippen molar-refractivity contribution in [2.45, 2.75) is 50.2 Å². The van der Waals surface area contributed by atoms with Crippen molar-refractivity contribution in [3.8, 4) is 22.3 Å². The van der Waals surface area contributed by atoms with Gasteiger partial charge in [-0.05, 0) is 65.5 Å². The summed E-state index contributed by atoms with van der Waals surface area (Å²) in [6, 6.07) is 51.6. The summed E-state index contributed by atoms with van der Waals surface area (Å²) in [6.45, 7) is 5.39. The van der Waals surface area contributed by atoms with Gasteiger partial charge < -0.3 is 4.43 Å².